The van der Waals surface area contributed by atoms with E-state index in [1.807, 2.05) is 4.72 Å². The van der Waals surface area contributed by atoms with Gasteiger partial charge in [-0.3, -0.25) is 9.59 Å². The largest absolute Gasteiger partial charge is 0.344 e. The number of carbonyl (C=O) groups is 2. The third kappa shape index (κ3) is 3.48. The third-order valence-corrected chi connectivity index (χ3v) is 5.20. The van der Waals surface area contributed by atoms with Gasteiger partial charge in [0, 0.05) is 6.42 Å². The normalized spacial score (nSPS) is 22.0. The Bertz CT molecular complexity index is 705. The fourth-order valence-electron chi connectivity index (χ4n) is 2.01. The first-order valence-corrected chi connectivity index (χ1v) is 8.25. The number of nitrogens with one attached hydrogen (secondary N) is 2. The maximum absolute atomic E-state index is 12.1. The molecule has 1 aliphatic rings. The molecule has 0 aliphatic carbocycles. The quantitative estimate of drug-likeness (QED) is 0.859. The van der Waals surface area contributed by atoms with Crippen molar-refractivity contribution in [3.8, 4) is 0 Å². The topological polar surface area (TPSA) is 92.3 Å². The first kappa shape index (κ1) is 16.1. The first-order valence-electron chi connectivity index (χ1n) is 6.02. The molecule has 1 saturated heterocycles. The average molecular weight is 351 g/mol. The van der Waals surface area contributed by atoms with Gasteiger partial charge < -0.3 is 5.32 Å². The Morgan fingerprint density at radius 2 is 2.00 bits per heavy atom. The molecule has 2 N–H and O–H groups in total. The highest BCUT2D eigenvalue weighted by Crippen LogP contribution is 2.25. The van der Waals surface area contributed by atoms with Crippen LogP contribution in [0.2, 0.25) is 10.0 Å². The van der Waals surface area contributed by atoms with E-state index in [-0.39, 0.29) is 33.2 Å². The van der Waals surface area contributed by atoms with Crippen molar-refractivity contribution in [1.29, 1.82) is 0 Å². The van der Waals surface area contributed by atoms with Gasteiger partial charge >= 0.3 is 0 Å². The summed E-state index contributed by atoms with van der Waals surface area (Å²) in [5.41, 5.74) is 0. The van der Waals surface area contributed by atoms with Gasteiger partial charge in [-0.25, -0.2) is 13.1 Å². The molecule has 2 rings (SSSR count). The highest BCUT2D eigenvalue weighted by atomic mass is 35.5. The summed E-state index contributed by atoms with van der Waals surface area (Å²) in [6.07, 6.45) is 0.185. The standard InChI is InChI=1S/C12H12Cl2N2O4S/c1-6-4-10(17)15-11(6)12(18)16-21(19,20)7-2-3-8(13)9(14)5-7/h2-3,5-6,11H,4H2,1H3,(H,15,17)(H,16,18). The number of sulfonamides is 1. The Morgan fingerprint density at radius 1 is 1.33 bits per heavy atom. The van der Waals surface area contributed by atoms with Crippen molar-refractivity contribution < 1.29 is 18.0 Å². The predicted molar refractivity (Wildman–Crippen MR) is 77.5 cm³/mol. The van der Waals surface area contributed by atoms with Crippen LogP contribution in [0.1, 0.15) is 13.3 Å². The fourth-order valence-corrected chi connectivity index (χ4v) is 3.40. The van der Waals surface area contributed by atoms with Gasteiger partial charge in [-0.2, -0.15) is 0 Å². The number of halogens is 2. The van der Waals surface area contributed by atoms with E-state index in [1.54, 1.807) is 6.92 Å². The zero-order valence-corrected chi connectivity index (χ0v) is 13.2. The molecule has 9 heteroatoms. The van der Waals surface area contributed by atoms with Crippen LogP contribution in [0.5, 0.6) is 0 Å². The minimum atomic E-state index is -4.07. The second-order valence-electron chi connectivity index (χ2n) is 4.77. The molecule has 2 unspecified atom stereocenters. The van der Waals surface area contributed by atoms with Crippen molar-refractivity contribution in [2.75, 3.05) is 0 Å². The Kier molecular flexibility index (Phi) is 4.46. The Labute approximate surface area is 131 Å². The molecule has 0 aromatic heterocycles. The fraction of sp³-hybridized carbons (Fsp3) is 0.333. The monoisotopic (exact) mass is 350 g/mol. The molecule has 0 saturated carbocycles. The molecule has 1 aromatic carbocycles. The third-order valence-electron chi connectivity index (χ3n) is 3.11. The second-order valence-corrected chi connectivity index (χ2v) is 7.27. The Balaban J connectivity index is 2.19. The van der Waals surface area contributed by atoms with Crippen molar-refractivity contribution in [1.82, 2.24) is 10.0 Å². The number of amides is 2. The number of carbonyl (C=O) groups excluding carboxylic acids is 2. The maximum Gasteiger partial charge on any atom is 0.264 e. The van der Waals surface area contributed by atoms with Crippen LogP contribution in [-0.2, 0) is 19.6 Å². The lowest BCUT2D eigenvalue weighted by atomic mass is 10.0. The van der Waals surface area contributed by atoms with Crippen LogP contribution in [0.3, 0.4) is 0 Å². The van der Waals surface area contributed by atoms with Crippen molar-refractivity contribution in [3.63, 3.8) is 0 Å². The lowest BCUT2D eigenvalue weighted by molar-refractivity contribution is -0.124. The highest BCUT2D eigenvalue weighted by molar-refractivity contribution is 7.90. The van der Waals surface area contributed by atoms with E-state index >= 15 is 0 Å². The second kappa shape index (κ2) is 5.82. The summed E-state index contributed by atoms with van der Waals surface area (Å²) < 4.78 is 26.1. The van der Waals surface area contributed by atoms with E-state index in [1.165, 1.54) is 12.1 Å². The van der Waals surface area contributed by atoms with Gasteiger partial charge in [-0.1, -0.05) is 30.1 Å². The van der Waals surface area contributed by atoms with Gasteiger partial charge in [0.1, 0.15) is 6.04 Å². The molecule has 1 aromatic rings. The molecule has 2 atom stereocenters. The molecule has 1 fully saturated rings. The molecule has 0 radical (unpaired) electrons. The van der Waals surface area contributed by atoms with Gasteiger partial charge in [0.05, 0.1) is 14.9 Å². The molecule has 6 nitrogen and oxygen atoms in total. The molecule has 0 spiro atoms. The van der Waals surface area contributed by atoms with E-state index in [9.17, 15) is 18.0 Å². The van der Waals surface area contributed by atoms with Crippen molar-refractivity contribution in [2.24, 2.45) is 5.92 Å². The highest BCUT2D eigenvalue weighted by Gasteiger charge is 2.36. The minimum Gasteiger partial charge on any atom is -0.344 e. The molecular weight excluding hydrogens is 339 g/mol. The molecule has 1 aliphatic heterocycles. The van der Waals surface area contributed by atoms with Gasteiger partial charge in [0.25, 0.3) is 15.9 Å². The van der Waals surface area contributed by atoms with Crippen molar-refractivity contribution in [3.05, 3.63) is 28.2 Å². The number of hydrogen-bond donors (Lipinski definition) is 2. The molecule has 2 amide bonds. The summed E-state index contributed by atoms with van der Waals surface area (Å²) in [4.78, 5) is 23.0. The Hall–Kier alpha value is -1.31. The maximum atomic E-state index is 12.1. The van der Waals surface area contributed by atoms with E-state index in [2.05, 4.69) is 5.32 Å². The van der Waals surface area contributed by atoms with Crippen LogP contribution < -0.4 is 10.0 Å². The summed E-state index contributed by atoms with van der Waals surface area (Å²) in [5, 5.41) is 2.71. The summed E-state index contributed by atoms with van der Waals surface area (Å²) in [6.45, 7) is 1.69. The minimum absolute atomic E-state index is 0.0644. The van der Waals surface area contributed by atoms with Crippen molar-refractivity contribution in [2.45, 2.75) is 24.3 Å². The number of hydrogen-bond acceptors (Lipinski definition) is 4. The van der Waals surface area contributed by atoms with E-state index in [0.29, 0.717) is 0 Å². The van der Waals surface area contributed by atoms with Gasteiger partial charge in [-0.05, 0) is 24.1 Å². The SMILES string of the molecule is CC1CC(=O)NC1C(=O)NS(=O)(=O)c1ccc(Cl)c(Cl)c1. The predicted octanol–water partition coefficient (Wildman–Crippen LogP) is 1.32. The summed E-state index contributed by atoms with van der Waals surface area (Å²) in [6, 6.07) is 2.84. The van der Waals surface area contributed by atoms with Crippen LogP contribution in [-0.4, -0.2) is 26.3 Å². The lowest BCUT2D eigenvalue weighted by Crippen LogP contribution is -2.46. The number of benzene rings is 1. The molecule has 21 heavy (non-hydrogen) atoms. The van der Waals surface area contributed by atoms with E-state index in [4.69, 9.17) is 23.2 Å². The van der Waals surface area contributed by atoms with Gasteiger partial charge in [0.2, 0.25) is 5.91 Å². The molecular formula is C12H12Cl2N2O4S. The van der Waals surface area contributed by atoms with Crippen molar-refractivity contribution >= 4 is 45.0 Å². The molecule has 1 heterocycles. The number of rotatable bonds is 3. The summed E-state index contributed by atoms with van der Waals surface area (Å²) >= 11 is 11.5. The van der Waals surface area contributed by atoms with Crippen LogP contribution in [0.25, 0.3) is 0 Å². The lowest BCUT2D eigenvalue weighted by Gasteiger charge is -2.15. The summed E-state index contributed by atoms with van der Waals surface area (Å²) in [7, 11) is -4.07. The van der Waals surface area contributed by atoms with Crippen LogP contribution in [0, 0.1) is 5.92 Å². The summed E-state index contributed by atoms with van der Waals surface area (Å²) in [5.74, 6) is -1.34. The van der Waals surface area contributed by atoms with Crippen LogP contribution >= 0.6 is 23.2 Å². The van der Waals surface area contributed by atoms with Gasteiger partial charge in [-0.15, -0.1) is 0 Å². The van der Waals surface area contributed by atoms with Crippen LogP contribution in [0.4, 0.5) is 0 Å². The Morgan fingerprint density at radius 3 is 2.52 bits per heavy atom. The smallest absolute Gasteiger partial charge is 0.264 e. The zero-order valence-electron chi connectivity index (χ0n) is 10.9. The first-order chi connectivity index (χ1) is 9.70. The van der Waals surface area contributed by atoms with E-state index in [0.717, 1.165) is 6.07 Å². The zero-order chi connectivity index (χ0) is 15.8. The van der Waals surface area contributed by atoms with Gasteiger partial charge in [0.15, 0.2) is 0 Å². The van der Waals surface area contributed by atoms with Crippen LogP contribution in [0.15, 0.2) is 23.1 Å². The van der Waals surface area contributed by atoms with E-state index < -0.39 is 22.0 Å². The molecule has 114 valence electrons. The molecule has 0 bridgehead atoms. The average Bonchev–Trinajstić information content (AvgIpc) is 2.71.